The molecule has 4 heteroatoms. The maximum absolute atomic E-state index is 9.00. The van der Waals surface area contributed by atoms with E-state index in [9.17, 15) is 0 Å². The summed E-state index contributed by atoms with van der Waals surface area (Å²) < 4.78 is 11.2. The zero-order valence-corrected chi connectivity index (χ0v) is 10.4. The predicted octanol–water partition coefficient (Wildman–Crippen LogP) is 1.69. The molecule has 1 heterocycles. The van der Waals surface area contributed by atoms with Gasteiger partial charge >= 0.3 is 0 Å². The molecule has 0 aliphatic carbocycles. The van der Waals surface area contributed by atoms with Gasteiger partial charge in [0.2, 0.25) is 0 Å². The summed E-state index contributed by atoms with van der Waals surface area (Å²) in [5.41, 5.74) is 6.43. The van der Waals surface area contributed by atoms with Crippen LogP contribution >= 0.6 is 0 Å². The van der Waals surface area contributed by atoms with E-state index in [0.717, 1.165) is 26.1 Å². The van der Waals surface area contributed by atoms with Gasteiger partial charge in [0.05, 0.1) is 12.2 Å². The van der Waals surface area contributed by atoms with Crippen molar-refractivity contribution in [2.24, 2.45) is 11.1 Å². The Bertz CT molecular complexity index is 434. The van der Waals surface area contributed by atoms with E-state index in [1.54, 1.807) is 6.07 Å². The van der Waals surface area contributed by atoms with Crippen molar-refractivity contribution in [2.45, 2.75) is 12.8 Å². The topological polar surface area (TPSA) is 68.3 Å². The lowest BCUT2D eigenvalue weighted by molar-refractivity contribution is -0.00503. The van der Waals surface area contributed by atoms with E-state index in [4.69, 9.17) is 20.5 Å². The first-order chi connectivity index (χ1) is 8.79. The van der Waals surface area contributed by atoms with Gasteiger partial charge in [-0.15, -0.1) is 0 Å². The number of benzene rings is 1. The first-order valence-electron chi connectivity index (χ1n) is 6.19. The van der Waals surface area contributed by atoms with E-state index < -0.39 is 0 Å². The second-order valence-corrected chi connectivity index (χ2v) is 4.71. The molecule has 0 unspecified atom stereocenters. The Balaban J connectivity index is 2.03. The van der Waals surface area contributed by atoms with E-state index in [1.807, 2.05) is 18.2 Å². The quantitative estimate of drug-likeness (QED) is 0.877. The van der Waals surface area contributed by atoms with Crippen LogP contribution in [-0.4, -0.2) is 26.4 Å². The molecule has 0 aromatic heterocycles. The molecule has 0 amide bonds. The highest BCUT2D eigenvalue weighted by Crippen LogP contribution is 2.30. The molecular weight excluding hydrogens is 228 g/mol. The molecule has 1 aliphatic rings. The van der Waals surface area contributed by atoms with Crippen molar-refractivity contribution >= 4 is 0 Å². The third-order valence-corrected chi connectivity index (χ3v) is 3.53. The zero-order valence-electron chi connectivity index (χ0n) is 10.4. The summed E-state index contributed by atoms with van der Waals surface area (Å²) in [6.07, 6.45) is 1.83. The standard InChI is InChI=1S/C14H18N2O2/c15-9-12-3-1-2-4-13(12)18-11-14(10-16)5-7-17-8-6-14/h1-4H,5-8,10-11,16H2. The number of rotatable bonds is 4. The van der Waals surface area contributed by atoms with Gasteiger partial charge in [0.25, 0.3) is 0 Å². The molecule has 18 heavy (non-hydrogen) atoms. The number of nitriles is 1. The molecule has 0 spiro atoms. The van der Waals surface area contributed by atoms with Crippen LogP contribution in [0.2, 0.25) is 0 Å². The average molecular weight is 246 g/mol. The third kappa shape index (κ3) is 2.81. The molecule has 0 radical (unpaired) electrons. The summed E-state index contributed by atoms with van der Waals surface area (Å²) in [4.78, 5) is 0. The van der Waals surface area contributed by atoms with Gasteiger partial charge in [-0.2, -0.15) is 5.26 Å². The van der Waals surface area contributed by atoms with Crippen LogP contribution < -0.4 is 10.5 Å². The number of hydrogen-bond acceptors (Lipinski definition) is 4. The lowest BCUT2D eigenvalue weighted by Crippen LogP contribution is -2.41. The first kappa shape index (κ1) is 12.9. The molecule has 2 N–H and O–H groups in total. The molecule has 0 atom stereocenters. The molecule has 1 aliphatic heterocycles. The van der Waals surface area contributed by atoms with Gasteiger partial charge in [-0.05, 0) is 25.0 Å². The first-order valence-corrected chi connectivity index (χ1v) is 6.19. The van der Waals surface area contributed by atoms with Gasteiger partial charge in [-0.25, -0.2) is 0 Å². The van der Waals surface area contributed by atoms with Crippen molar-refractivity contribution < 1.29 is 9.47 Å². The maximum atomic E-state index is 9.00. The monoisotopic (exact) mass is 246 g/mol. The van der Waals surface area contributed by atoms with Crippen molar-refractivity contribution in [2.75, 3.05) is 26.4 Å². The van der Waals surface area contributed by atoms with E-state index in [1.165, 1.54) is 0 Å². The van der Waals surface area contributed by atoms with Crippen LogP contribution in [0.3, 0.4) is 0 Å². The highest BCUT2D eigenvalue weighted by atomic mass is 16.5. The fourth-order valence-corrected chi connectivity index (χ4v) is 2.13. The smallest absolute Gasteiger partial charge is 0.137 e. The summed E-state index contributed by atoms with van der Waals surface area (Å²) in [6, 6.07) is 9.42. The molecule has 1 saturated heterocycles. The fraction of sp³-hybridized carbons (Fsp3) is 0.500. The van der Waals surface area contributed by atoms with E-state index in [-0.39, 0.29) is 5.41 Å². The van der Waals surface area contributed by atoms with Crippen LogP contribution in [0.5, 0.6) is 5.75 Å². The van der Waals surface area contributed by atoms with Crippen molar-refractivity contribution in [3.8, 4) is 11.8 Å². The minimum absolute atomic E-state index is 0.0131. The van der Waals surface area contributed by atoms with Crippen LogP contribution in [-0.2, 0) is 4.74 Å². The van der Waals surface area contributed by atoms with E-state index in [0.29, 0.717) is 24.5 Å². The van der Waals surface area contributed by atoms with Gasteiger partial charge in [-0.3, -0.25) is 0 Å². The van der Waals surface area contributed by atoms with Crippen LogP contribution in [0.4, 0.5) is 0 Å². The molecule has 96 valence electrons. The van der Waals surface area contributed by atoms with Crippen molar-refractivity contribution in [1.29, 1.82) is 5.26 Å². The molecule has 2 rings (SSSR count). The van der Waals surface area contributed by atoms with Gasteiger partial charge in [0, 0.05) is 25.2 Å². The second kappa shape index (κ2) is 5.85. The molecule has 0 saturated carbocycles. The van der Waals surface area contributed by atoms with Crippen LogP contribution in [0.25, 0.3) is 0 Å². The molecular formula is C14H18N2O2. The second-order valence-electron chi connectivity index (χ2n) is 4.71. The normalized spacial score (nSPS) is 18.0. The van der Waals surface area contributed by atoms with E-state index >= 15 is 0 Å². The van der Waals surface area contributed by atoms with Crippen LogP contribution in [0.1, 0.15) is 18.4 Å². The van der Waals surface area contributed by atoms with Gasteiger partial charge < -0.3 is 15.2 Å². The summed E-state index contributed by atoms with van der Waals surface area (Å²) in [7, 11) is 0. The number of para-hydroxylation sites is 1. The molecule has 4 nitrogen and oxygen atoms in total. The Morgan fingerprint density at radius 3 is 2.72 bits per heavy atom. The largest absolute Gasteiger partial charge is 0.492 e. The maximum Gasteiger partial charge on any atom is 0.137 e. The van der Waals surface area contributed by atoms with Gasteiger partial charge in [0.15, 0.2) is 0 Å². The summed E-state index contributed by atoms with van der Waals surface area (Å²) in [5, 5.41) is 9.00. The molecule has 1 aromatic carbocycles. The zero-order chi connectivity index (χ0) is 12.8. The molecule has 1 fully saturated rings. The Morgan fingerprint density at radius 1 is 1.33 bits per heavy atom. The highest BCUT2D eigenvalue weighted by Gasteiger charge is 2.32. The van der Waals surface area contributed by atoms with Crippen molar-refractivity contribution in [1.82, 2.24) is 0 Å². The van der Waals surface area contributed by atoms with Crippen molar-refractivity contribution in [3.63, 3.8) is 0 Å². The Hall–Kier alpha value is -1.57. The Morgan fingerprint density at radius 2 is 2.06 bits per heavy atom. The molecule has 1 aromatic rings. The van der Waals surface area contributed by atoms with Gasteiger partial charge in [0.1, 0.15) is 11.8 Å². The number of ether oxygens (including phenoxy) is 2. The highest BCUT2D eigenvalue weighted by molar-refractivity contribution is 5.42. The number of nitrogens with two attached hydrogens (primary N) is 1. The Labute approximate surface area is 107 Å². The number of nitrogens with zero attached hydrogens (tertiary/aromatic N) is 1. The van der Waals surface area contributed by atoms with Crippen molar-refractivity contribution in [3.05, 3.63) is 29.8 Å². The summed E-state index contributed by atoms with van der Waals surface area (Å²) in [5.74, 6) is 0.638. The van der Waals surface area contributed by atoms with Crippen LogP contribution in [0, 0.1) is 16.7 Å². The minimum atomic E-state index is -0.0131. The third-order valence-electron chi connectivity index (χ3n) is 3.53. The predicted molar refractivity (Wildman–Crippen MR) is 68.2 cm³/mol. The summed E-state index contributed by atoms with van der Waals surface area (Å²) in [6.45, 7) is 2.61. The summed E-state index contributed by atoms with van der Waals surface area (Å²) >= 11 is 0. The fourth-order valence-electron chi connectivity index (χ4n) is 2.13. The van der Waals surface area contributed by atoms with Gasteiger partial charge in [-0.1, -0.05) is 12.1 Å². The lowest BCUT2D eigenvalue weighted by atomic mass is 9.81. The Kier molecular flexibility index (Phi) is 4.19. The van der Waals surface area contributed by atoms with Crippen LogP contribution in [0.15, 0.2) is 24.3 Å². The SMILES string of the molecule is N#Cc1ccccc1OCC1(CN)CCOCC1. The number of hydrogen-bond donors (Lipinski definition) is 1. The average Bonchev–Trinajstić information content (AvgIpc) is 2.46. The molecule has 0 bridgehead atoms. The minimum Gasteiger partial charge on any atom is -0.492 e. The van der Waals surface area contributed by atoms with E-state index in [2.05, 4.69) is 6.07 Å². The lowest BCUT2D eigenvalue weighted by Gasteiger charge is -2.35.